The molecule has 0 aliphatic heterocycles. The minimum Gasteiger partial charge on any atom is -0.382 e. The first kappa shape index (κ1) is 17.1. The monoisotopic (exact) mass is 316 g/mol. The quantitative estimate of drug-likeness (QED) is 0.808. The van der Waals surface area contributed by atoms with Crippen molar-refractivity contribution in [1.82, 2.24) is 10.3 Å². The van der Waals surface area contributed by atoms with E-state index in [2.05, 4.69) is 30.4 Å². The molecule has 0 spiro atoms. The van der Waals surface area contributed by atoms with Crippen LogP contribution in [-0.2, 0) is 0 Å². The van der Waals surface area contributed by atoms with Gasteiger partial charge in [-0.15, -0.1) is 0 Å². The highest BCUT2D eigenvalue weighted by molar-refractivity contribution is 8.00. The molecule has 114 valence electrons. The maximum Gasteiger partial charge on any atom is 0.265 e. The zero-order chi connectivity index (χ0) is 15.3. The summed E-state index contributed by atoms with van der Waals surface area (Å²) in [5, 5.41) is 3.74. The van der Waals surface area contributed by atoms with Crippen molar-refractivity contribution in [3.63, 3.8) is 0 Å². The van der Waals surface area contributed by atoms with Crippen molar-refractivity contribution in [3.8, 4) is 0 Å². The third-order valence-electron chi connectivity index (χ3n) is 3.52. The third kappa shape index (κ3) is 3.79. The van der Waals surface area contributed by atoms with Gasteiger partial charge in [-0.2, -0.15) is 11.8 Å². The standard InChI is InChI=1S/C13H24N4OS2/c1-6-13(7-2,19-5)8-15-11(18)9-10(14)16-12(20-9)17(3)4/h6-8,14H2,1-5H3,(H,15,18). The smallest absolute Gasteiger partial charge is 0.265 e. The Kier molecular flexibility index (Phi) is 6.13. The van der Waals surface area contributed by atoms with Gasteiger partial charge in [-0.1, -0.05) is 25.2 Å². The van der Waals surface area contributed by atoms with Gasteiger partial charge in [0, 0.05) is 25.4 Å². The number of nitrogens with two attached hydrogens (primary N) is 1. The van der Waals surface area contributed by atoms with Gasteiger partial charge in [0.1, 0.15) is 10.7 Å². The molecule has 7 heteroatoms. The van der Waals surface area contributed by atoms with Crippen molar-refractivity contribution in [3.05, 3.63) is 4.88 Å². The van der Waals surface area contributed by atoms with Gasteiger partial charge in [0.25, 0.3) is 5.91 Å². The van der Waals surface area contributed by atoms with Crippen LogP contribution in [0.2, 0.25) is 0 Å². The van der Waals surface area contributed by atoms with E-state index >= 15 is 0 Å². The lowest BCUT2D eigenvalue weighted by atomic mass is 10.0. The number of anilines is 2. The van der Waals surface area contributed by atoms with Crippen LogP contribution in [-0.4, -0.2) is 42.5 Å². The van der Waals surface area contributed by atoms with E-state index in [1.165, 1.54) is 11.3 Å². The Morgan fingerprint density at radius 3 is 2.45 bits per heavy atom. The maximum atomic E-state index is 12.2. The molecule has 1 aromatic heterocycles. The molecule has 5 nitrogen and oxygen atoms in total. The van der Waals surface area contributed by atoms with Crippen LogP contribution < -0.4 is 16.0 Å². The first-order valence-electron chi connectivity index (χ1n) is 6.66. The molecule has 0 saturated heterocycles. The van der Waals surface area contributed by atoms with E-state index in [1.807, 2.05) is 19.0 Å². The highest BCUT2D eigenvalue weighted by Crippen LogP contribution is 2.30. The summed E-state index contributed by atoms with van der Waals surface area (Å²) in [4.78, 5) is 18.8. The molecule has 0 radical (unpaired) electrons. The topological polar surface area (TPSA) is 71.2 Å². The summed E-state index contributed by atoms with van der Waals surface area (Å²) < 4.78 is 0.0967. The average molecular weight is 316 g/mol. The lowest BCUT2D eigenvalue weighted by Crippen LogP contribution is -2.39. The number of nitrogen functional groups attached to an aromatic ring is 1. The number of nitrogens with zero attached hydrogens (tertiary/aromatic N) is 2. The zero-order valence-electron chi connectivity index (χ0n) is 12.8. The van der Waals surface area contributed by atoms with Crippen molar-refractivity contribution in [2.75, 3.05) is 37.5 Å². The number of hydrogen-bond acceptors (Lipinski definition) is 6. The van der Waals surface area contributed by atoms with Crippen molar-refractivity contribution >= 4 is 40.0 Å². The highest BCUT2D eigenvalue weighted by atomic mass is 32.2. The van der Waals surface area contributed by atoms with Gasteiger partial charge in [-0.25, -0.2) is 4.98 Å². The fourth-order valence-corrected chi connectivity index (χ4v) is 3.47. The van der Waals surface area contributed by atoms with E-state index in [-0.39, 0.29) is 10.7 Å². The van der Waals surface area contributed by atoms with Gasteiger partial charge in [0.2, 0.25) is 0 Å². The van der Waals surface area contributed by atoms with Crippen LogP contribution in [0.15, 0.2) is 0 Å². The van der Waals surface area contributed by atoms with E-state index in [9.17, 15) is 4.79 Å². The Labute approximate surface area is 129 Å². The molecule has 1 rings (SSSR count). The van der Waals surface area contributed by atoms with Gasteiger partial charge in [0.15, 0.2) is 5.13 Å². The second kappa shape index (κ2) is 7.17. The number of nitrogens with one attached hydrogen (secondary N) is 1. The van der Waals surface area contributed by atoms with Crippen LogP contribution in [0, 0.1) is 0 Å². The third-order valence-corrected chi connectivity index (χ3v) is 6.35. The fraction of sp³-hybridized carbons (Fsp3) is 0.692. The lowest BCUT2D eigenvalue weighted by Gasteiger charge is -2.29. The van der Waals surface area contributed by atoms with Crippen LogP contribution in [0.3, 0.4) is 0 Å². The summed E-state index contributed by atoms with van der Waals surface area (Å²) in [7, 11) is 3.76. The number of aromatic nitrogens is 1. The molecule has 20 heavy (non-hydrogen) atoms. The summed E-state index contributed by atoms with van der Waals surface area (Å²) in [6.45, 7) is 4.95. The van der Waals surface area contributed by atoms with Crippen LogP contribution >= 0.6 is 23.1 Å². The van der Waals surface area contributed by atoms with Gasteiger partial charge >= 0.3 is 0 Å². The number of carbonyl (C=O) groups is 1. The van der Waals surface area contributed by atoms with E-state index < -0.39 is 0 Å². The Bertz CT molecular complexity index is 447. The van der Waals surface area contributed by atoms with E-state index in [4.69, 9.17) is 5.73 Å². The Balaban J connectivity index is 2.77. The molecular weight excluding hydrogens is 292 g/mol. The predicted octanol–water partition coefficient (Wildman–Crippen LogP) is 2.44. The van der Waals surface area contributed by atoms with Crippen molar-refractivity contribution in [2.24, 2.45) is 0 Å². The zero-order valence-corrected chi connectivity index (χ0v) is 14.5. The first-order chi connectivity index (χ1) is 9.39. The molecule has 1 aromatic rings. The van der Waals surface area contributed by atoms with E-state index in [1.54, 1.807) is 11.8 Å². The van der Waals surface area contributed by atoms with Crippen LogP contribution in [0.4, 0.5) is 10.9 Å². The second-order valence-corrected chi connectivity index (χ2v) is 7.13. The molecule has 0 saturated carbocycles. The van der Waals surface area contributed by atoms with Gasteiger partial charge in [-0.05, 0) is 19.1 Å². The van der Waals surface area contributed by atoms with Crippen LogP contribution in [0.1, 0.15) is 36.4 Å². The lowest BCUT2D eigenvalue weighted by molar-refractivity contribution is 0.0953. The molecule has 0 unspecified atom stereocenters. The average Bonchev–Trinajstić information content (AvgIpc) is 2.83. The minimum atomic E-state index is -0.131. The van der Waals surface area contributed by atoms with Crippen LogP contribution in [0.5, 0.6) is 0 Å². The SMILES string of the molecule is CCC(CC)(CNC(=O)c1sc(N(C)C)nc1N)SC. The highest BCUT2D eigenvalue weighted by Gasteiger charge is 2.26. The molecule has 0 aliphatic carbocycles. The van der Waals surface area contributed by atoms with E-state index in [0.717, 1.165) is 18.0 Å². The number of thioether (sulfide) groups is 1. The number of thiazole rings is 1. The number of rotatable bonds is 7. The minimum absolute atomic E-state index is 0.0967. The van der Waals surface area contributed by atoms with Crippen LogP contribution in [0.25, 0.3) is 0 Å². The number of carbonyl (C=O) groups excluding carboxylic acids is 1. The summed E-state index contributed by atoms with van der Waals surface area (Å²) in [5.41, 5.74) is 5.82. The maximum absolute atomic E-state index is 12.2. The molecule has 0 atom stereocenters. The molecular formula is C13H24N4OS2. The van der Waals surface area contributed by atoms with Gasteiger partial charge < -0.3 is 16.0 Å². The number of hydrogen-bond donors (Lipinski definition) is 2. The predicted molar refractivity (Wildman–Crippen MR) is 90.0 cm³/mol. The molecule has 0 aliphatic rings. The Hall–Kier alpha value is -0.950. The second-order valence-electron chi connectivity index (χ2n) is 4.88. The Morgan fingerprint density at radius 1 is 1.45 bits per heavy atom. The van der Waals surface area contributed by atoms with Crippen molar-refractivity contribution in [2.45, 2.75) is 31.4 Å². The summed E-state index contributed by atoms with van der Waals surface area (Å²) in [6, 6.07) is 0. The first-order valence-corrected chi connectivity index (χ1v) is 8.70. The van der Waals surface area contributed by atoms with Gasteiger partial charge in [0.05, 0.1) is 0 Å². The molecule has 0 fully saturated rings. The summed E-state index contributed by atoms with van der Waals surface area (Å²) in [5.74, 6) is 0.173. The summed E-state index contributed by atoms with van der Waals surface area (Å²) >= 11 is 3.12. The molecule has 3 N–H and O–H groups in total. The molecule has 1 heterocycles. The Morgan fingerprint density at radius 2 is 2.05 bits per heavy atom. The molecule has 1 amide bonds. The van der Waals surface area contributed by atoms with E-state index in [0.29, 0.717) is 17.2 Å². The largest absolute Gasteiger partial charge is 0.382 e. The number of amides is 1. The molecule has 0 aromatic carbocycles. The normalized spacial score (nSPS) is 11.4. The van der Waals surface area contributed by atoms with Crippen molar-refractivity contribution < 1.29 is 4.79 Å². The molecule has 0 bridgehead atoms. The summed E-state index contributed by atoms with van der Waals surface area (Å²) in [6.07, 6.45) is 4.13. The fourth-order valence-electron chi connectivity index (χ4n) is 1.86. The van der Waals surface area contributed by atoms with Gasteiger partial charge in [-0.3, -0.25) is 4.79 Å². The van der Waals surface area contributed by atoms with Crippen molar-refractivity contribution in [1.29, 1.82) is 0 Å².